The Morgan fingerprint density at radius 2 is 1.92 bits per heavy atom. The van der Waals surface area contributed by atoms with E-state index in [1.165, 1.54) is 12.3 Å². The van der Waals surface area contributed by atoms with Crippen LogP contribution in [0.5, 0.6) is 0 Å². The van der Waals surface area contributed by atoms with Crippen LogP contribution in [-0.2, 0) is 11.0 Å². The summed E-state index contributed by atoms with van der Waals surface area (Å²) in [6.07, 6.45) is 1.24. The number of benzene rings is 2. The predicted octanol–water partition coefficient (Wildman–Crippen LogP) is 4.19. The van der Waals surface area contributed by atoms with Crippen LogP contribution in [-0.4, -0.2) is 10.9 Å². The normalized spacial score (nSPS) is 10.8. The zero-order valence-electron chi connectivity index (χ0n) is 12.9. The van der Waals surface area contributed by atoms with Gasteiger partial charge < -0.3 is 10.3 Å². The van der Waals surface area contributed by atoms with Crippen molar-refractivity contribution in [2.45, 2.75) is 11.0 Å². The van der Waals surface area contributed by atoms with Gasteiger partial charge in [0.05, 0.1) is 5.52 Å². The number of nitrogens with one attached hydrogen (secondary N) is 2. The Hall–Kier alpha value is -1.93. The number of fused-ring (bicyclic) bond motifs is 1. The zero-order valence-corrected chi connectivity index (χ0v) is 15.8. The van der Waals surface area contributed by atoms with E-state index < -0.39 is 17.2 Å². The van der Waals surface area contributed by atoms with Crippen LogP contribution in [0.3, 0.4) is 0 Å². The fourth-order valence-corrected chi connectivity index (χ4v) is 3.04. The molecule has 2 aromatic carbocycles. The molecule has 0 spiro atoms. The minimum Gasteiger partial charge on any atom is -0.358 e. The molecule has 1 heterocycles. The first-order chi connectivity index (χ1) is 12.0. The minimum absolute atomic E-state index is 0.0496. The van der Waals surface area contributed by atoms with Crippen LogP contribution >= 0.6 is 34.2 Å². The predicted molar refractivity (Wildman–Crippen MR) is 105 cm³/mol. The molecule has 7 heteroatoms. The molecule has 0 saturated carbocycles. The minimum atomic E-state index is -0.515. The molecule has 3 rings (SSSR count). The van der Waals surface area contributed by atoms with Gasteiger partial charge in [0.1, 0.15) is 11.4 Å². The summed E-state index contributed by atoms with van der Waals surface area (Å²) < 4.78 is 14.6. The Labute approximate surface area is 161 Å². The average molecular weight is 471 g/mol. The van der Waals surface area contributed by atoms with Crippen LogP contribution < -0.4 is 10.7 Å². The molecule has 1 amide bonds. The number of halogens is 3. The van der Waals surface area contributed by atoms with Gasteiger partial charge in [0.2, 0.25) is 5.43 Å². The van der Waals surface area contributed by atoms with E-state index in [9.17, 15) is 14.0 Å². The molecule has 4 nitrogen and oxygen atoms in total. The van der Waals surface area contributed by atoms with E-state index in [4.69, 9.17) is 11.6 Å². The van der Waals surface area contributed by atoms with Gasteiger partial charge in [-0.25, -0.2) is 4.39 Å². The summed E-state index contributed by atoms with van der Waals surface area (Å²) in [5.74, 6) is -1.02. The lowest BCUT2D eigenvalue weighted by Crippen LogP contribution is -2.28. The molecular formula is C18H13ClFIN2O2. The highest BCUT2D eigenvalue weighted by Crippen LogP contribution is 2.18. The van der Waals surface area contributed by atoms with Crippen LogP contribution in [0.2, 0.25) is 5.02 Å². The number of rotatable bonds is 4. The topological polar surface area (TPSA) is 62.0 Å². The smallest absolute Gasteiger partial charge is 0.257 e. The van der Waals surface area contributed by atoms with E-state index in [0.29, 0.717) is 15.0 Å². The third-order valence-electron chi connectivity index (χ3n) is 3.77. The number of aromatic nitrogens is 1. The van der Waals surface area contributed by atoms with Crippen molar-refractivity contribution in [2.24, 2.45) is 0 Å². The largest absolute Gasteiger partial charge is 0.358 e. The first-order valence-electron chi connectivity index (χ1n) is 7.42. The highest BCUT2D eigenvalue weighted by molar-refractivity contribution is 14.1. The molecule has 3 aromatic rings. The van der Waals surface area contributed by atoms with Crippen molar-refractivity contribution in [1.29, 1.82) is 0 Å². The first kappa shape index (κ1) is 17.9. The van der Waals surface area contributed by atoms with Gasteiger partial charge in [0.25, 0.3) is 5.91 Å². The highest BCUT2D eigenvalue weighted by Gasteiger charge is 2.15. The third kappa shape index (κ3) is 3.85. The SMILES string of the molecule is O=C(NCc1ccc(Cl)cc1)c1c[nH]c2c(F)cc(CI)cc2c1=O. The van der Waals surface area contributed by atoms with Crippen molar-refractivity contribution in [3.63, 3.8) is 0 Å². The fraction of sp³-hybridized carbons (Fsp3) is 0.111. The van der Waals surface area contributed by atoms with E-state index in [-0.39, 0.29) is 23.0 Å². The van der Waals surface area contributed by atoms with Crippen molar-refractivity contribution >= 4 is 51.0 Å². The Morgan fingerprint density at radius 1 is 1.20 bits per heavy atom. The van der Waals surface area contributed by atoms with Crippen LogP contribution in [0.25, 0.3) is 10.9 Å². The average Bonchev–Trinajstić information content (AvgIpc) is 2.61. The molecule has 128 valence electrons. The van der Waals surface area contributed by atoms with Crippen LogP contribution in [0, 0.1) is 5.82 Å². The molecule has 0 aliphatic carbocycles. The van der Waals surface area contributed by atoms with Gasteiger partial charge in [-0.3, -0.25) is 9.59 Å². The molecule has 0 unspecified atom stereocenters. The number of amides is 1. The van der Waals surface area contributed by atoms with Crippen LogP contribution in [0.1, 0.15) is 21.5 Å². The molecule has 2 N–H and O–H groups in total. The standard InChI is InChI=1S/C18H13ClFIN2O2/c19-12-3-1-10(2-4-12)8-23-18(25)14-9-22-16-13(17(14)24)5-11(7-21)6-15(16)20/h1-6,9H,7-8H2,(H,22,24)(H,23,25). The molecule has 0 bridgehead atoms. The Bertz CT molecular complexity index is 1000. The summed E-state index contributed by atoms with van der Waals surface area (Å²) in [5.41, 5.74) is 1.11. The molecule has 0 fully saturated rings. The quantitative estimate of drug-likeness (QED) is 0.444. The molecule has 0 aliphatic rings. The van der Waals surface area contributed by atoms with Gasteiger partial charge in [-0.05, 0) is 35.4 Å². The maximum absolute atomic E-state index is 14.1. The monoisotopic (exact) mass is 470 g/mol. The lowest BCUT2D eigenvalue weighted by atomic mass is 10.1. The van der Waals surface area contributed by atoms with Gasteiger partial charge in [-0.1, -0.05) is 46.3 Å². The maximum Gasteiger partial charge on any atom is 0.257 e. The maximum atomic E-state index is 14.1. The summed E-state index contributed by atoms with van der Waals surface area (Å²) in [5, 5.41) is 3.46. The van der Waals surface area contributed by atoms with E-state index in [1.54, 1.807) is 30.3 Å². The van der Waals surface area contributed by atoms with Gasteiger partial charge >= 0.3 is 0 Å². The van der Waals surface area contributed by atoms with E-state index in [1.807, 2.05) is 0 Å². The summed E-state index contributed by atoms with van der Waals surface area (Å²) in [6, 6.07) is 10.0. The Morgan fingerprint density at radius 3 is 2.60 bits per heavy atom. The van der Waals surface area contributed by atoms with Gasteiger partial charge in [0, 0.05) is 27.6 Å². The lowest BCUT2D eigenvalue weighted by molar-refractivity contribution is 0.0949. The number of carbonyl (C=O) groups excluding carboxylic acids is 1. The molecular weight excluding hydrogens is 458 g/mol. The second-order valence-corrected chi connectivity index (χ2v) is 6.67. The number of H-pyrrole nitrogens is 1. The Kier molecular flexibility index (Phi) is 5.39. The number of alkyl halides is 1. The summed E-state index contributed by atoms with van der Waals surface area (Å²) in [6.45, 7) is 0.260. The molecule has 0 aliphatic heterocycles. The van der Waals surface area contributed by atoms with Crippen molar-refractivity contribution in [1.82, 2.24) is 10.3 Å². The van der Waals surface area contributed by atoms with Crippen molar-refractivity contribution in [3.05, 3.63) is 80.3 Å². The zero-order chi connectivity index (χ0) is 18.0. The first-order valence-corrected chi connectivity index (χ1v) is 9.32. The Balaban J connectivity index is 1.90. The van der Waals surface area contributed by atoms with Crippen LogP contribution in [0.4, 0.5) is 4.39 Å². The van der Waals surface area contributed by atoms with Gasteiger partial charge in [-0.15, -0.1) is 0 Å². The molecule has 25 heavy (non-hydrogen) atoms. The van der Waals surface area contributed by atoms with E-state index >= 15 is 0 Å². The summed E-state index contributed by atoms with van der Waals surface area (Å²) in [7, 11) is 0. The molecule has 1 aromatic heterocycles. The summed E-state index contributed by atoms with van der Waals surface area (Å²) >= 11 is 7.91. The molecule has 0 atom stereocenters. The van der Waals surface area contributed by atoms with Crippen LogP contribution in [0.15, 0.2) is 47.4 Å². The third-order valence-corrected chi connectivity index (χ3v) is 4.90. The number of hydrogen-bond acceptors (Lipinski definition) is 2. The summed E-state index contributed by atoms with van der Waals surface area (Å²) in [4.78, 5) is 27.6. The number of carbonyl (C=O) groups is 1. The van der Waals surface area contributed by atoms with E-state index in [0.717, 1.165) is 5.56 Å². The molecule has 0 radical (unpaired) electrons. The number of pyridine rings is 1. The second-order valence-electron chi connectivity index (χ2n) is 5.47. The lowest BCUT2D eigenvalue weighted by Gasteiger charge is -2.07. The van der Waals surface area contributed by atoms with Gasteiger partial charge in [-0.2, -0.15) is 0 Å². The van der Waals surface area contributed by atoms with Crippen molar-refractivity contribution in [2.75, 3.05) is 0 Å². The second kappa shape index (κ2) is 7.53. The number of aromatic amines is 1. The van der Waals surface area contributed by atoms with Gasteiger partial charge in [0.15, 0.2) is 0 Å². The van der Waals surface area contributed by atoms with E-state index in [2.05, 4.69) is 32.9 Å². The fourth-order valence-electron chi connectivity index (χ4n) is 2.47. The number of hydrogen-bond donors (Lipinski definition) is 2. The van der Waals surface area contributed by atoms with Crippen molar-refractivity contribution in [3.8, 4) is 0 Å². The highest BCUT2D eigenvalue weighted by atomic mass is 127. The van der Waals surface area contributed by atoms with Crippen molar-refractivity contribution < 1.29 is 9.18 Å². The molecule has 0 saturated heterocycles.